The molecule has 2 aliphatic rings. The summed E-state index contributed by atoms with van der Waals surface area (Å²) < 4.78 is 0. The Balaban J connectivity index is 1.67. The first kappa shape index (κ1) is 19.1. The number of rotatable bonds is 1. The lowest BCUT2D eigenvalue weighted by Crippen LogP contribution is -2.40. The molecule has 1 aromatic heterocycles. The zero-order valence-electron chi connectivity index (χ0n) is 18.8. The third kappa shape index (κ3) is 2.31. The molecule has 1 spiro atoms. The van der Waals surface area contributed by atoms with E-state index in [1.165, 1.54) is 54.9 Å². The highest BCUT2D eigenvalue weighted by Gasteiger charge is 2.53. The molecule has 0 nitrogen and oxygen atoms in total. The highest BCUT2D eigenvalue weighted by atomic mass is 32.1. The van der Waals surface area contributed by atoms with Crippen LogP contribution in [0.2, 0.25) is 0 Å². The predicted octanol–water partition coefficient (Wildman–Crippen LogP) is 8.42. The Kier molecular flexibility index (Phi) is 3.79. The van der Waals surface area contributed by atoms with Crippen molar-refractivity contribution >= 4 is 11.3 Å². The summed E-state index contributed by atoms with van der Waals surface area (Å²) in [6.45, 7) is 4.78. The van der Waals surface area contributed by atoms with Gasteiger partial charge in [-0.2, -0.15) is 0 Å². The van der Waals surface area contributed by atoms with Crippen LogP contribution in [-0.4, -0.2) is 0 Å². The monoisotopic (exact) mass is 440 g/mol. The van der Waals surface area contributed by atoms with E-state index in [1.54, 1.807) is 0 Å². The zero-order valence-corrected chi connectivity index (χ0v) is 19.6. The molecule has 5 aromatic rings. The Labute approximate surface area is 199 Å². The first-order chi connectivity index (χ1) is 16.1. The molecule has 1 heterocycles. The summed E-state index contributed by atoms with van der Waals surface area (Å²) in [6, 6.07) is 38.8. The van der Waals surface area contributed by atoms with E-state index < -0.39 is 0 Å². The maximum atomic E-state index is 2.46. The van der Waals surface area contributed by atoms with Crippen molar-refractivity contribution in [2.75, 3.05) is 0 Å². The van der Waals surface area contributed by atoms with E-state index in [1.807, 2.05) is 11.3 Å². The fourth-order valence-electron chi connectivity index (χ4n) is 6.45. The minimum atomic E-state index is -0.289. The summed E-state index contributed by atoms with van der Waals surface area (Å²) in [7, 11) is 0. The van der Waals surface area contributed by atoms with Crippen LogP contribution in [0.4, 0.5) is 0 Å². The summed E-state index contributed by atoms with van der Waals surface area (Å²) in [4.78, 5) is 1.33. The van der Waals surface area contributed by atoms with Crippen LogP contribution < -0.4 is 0 Å². The molecule has 4 aromatic carbocycles. The van der Waals surface area contributed by atoms with Crippen molar-refractivity contribution in [2.45, 2.75) is 24.7 Å². The third-order valence-electron chi connectivity index (χ3n) is 7.86. The van der Waals surface area contributed by atoms with Gasteiger partial charge in [0.15, 0.2) is 0 Å². The van der Waals surface area contributed by atoms with Gasteiger partial charge >= 0.3 is 0 Å². The molecule has 0 unspecified atom stereocenters. The van der Waals surface area contributed by atoms with Gasteiger partial charge < -0.3 is 0 Å². The summed E-state index contributed by atoms with van der Waals surface area (Å²) in [5.74, 6) is 0. The van der Waals surface area contributed by atoms with Crippen LogP contribution in [-0.2, 0) is 10.8 Å². The molecule has 0 fully saturated rings. The number of benzene rings is 4. The van der Waals surface area contributed by atoms with E-state index in [0.717, 1.165) is 0 Å². The number of hydrogen-bond donors (Lipinski definition) is 0. The maximum Gasteiger partial charge on any atom is 0.0719 e. The van der Waals surface area contributed by atoms with Gasteiger partial charge in [-0.3, -0.25) is 0 Å². The average molecular weight is 441 g/mol. The number of thiophene rings is 1. The second-order valence-corrected chi connectivity index (χ2v) is 10.7. The van der Waals surface area contributed by atoms with Crippen molar-refractivity contribution in [3.8, 4) is 21.6 Å². The van der Waals surface area contributed by atoms with Crippen molar-refractivity contribution in [1.82, 2.24) is 0 Å². The summed E-state index contributed by atoms with van der Waals surface area (Å²) in [6.07, 6.45) is 0. The molecule has 0 amide bonds. The SMILES string of the molecule is CC1(C)c2ccccc2C2(c3ccccc3-c3ccccc32)c2ccc(-c3cccs3)cc21. The molecule has 7 rings (SSSR count). The van der Waals surface area contributed by atoms with Crippen LogP contribution in [0.5, 0.6) is 0 Å². The first-order valence-electron chi connectivity index (χ1n) is 11.6. The lowest BCUT2D eigenvalue weighted by atomic mass is 9.55. The standard InChI is InChI=1S/C32H24S/c1-31(2)26-14-7-8-15-27(26)32(28-18-17-21(20-29(28)31)30-16-9-19-33-30)24-12-5-3-10-22(24)23-11-4-6-13-25(23)32/h3-20H,1-2H3. The van der Waals surface area contributed by atoms with Gasteiger partial charge in [0.2, 0.25) is 0 Å². The van der Waals surface area contributed by atoms with E-state index in [9.17, 15) is 0 Å². The van der Waals surface area contributed by atoms with Crippen LogP contribution in [0.25, 0.3) is 21.6 Å². The van der Waals surface area contributed by atoms with E-state index >= 15 is 0 Å². The van der Waals surface area contributed by atoms with Gasteiger partial charge in [0, 0.05) is 10.3 Å². The van der Waals surface area contributed by atoms with E-state index in [-0.39, 0.29) is 10.8 Å². The van der Waals surface area contributed by atoms with Crippen LogP contribution in [0.15, 0.2) is 109 Å². The van der Waals surface area contributed by atoms with Gasteiger partial charge in [-0.05, 0) is 67.6 Å². The summed E-state index contributed by atoms with van der Waals surface area (Å²) >= 11 is 1.81. The second kappa shape index (κ2) is 6.56. The maximum absolute atomic E-state index is 2.46. The summed E-state index contributed by atoms with van der Waals surface area (Å²) in [5.41, 5.74) is 12.1. The van der Waals surface area contributed by atoms with E-state index in [0.29, 0.717) is 0 Å². The van der Waals surface area contributed by atoms with Crippen LogP contribution in [0, 0.1) is 0 Å². The first-order valence-corrected chi connectivity index (χ1v) is 12.5. The van der Waals surface area contributed by atoms with Gasteiger partial charge in [0.25, 0.3) is 0 Å². The Hall–Kier alpha value is -3.42. The Morgan fingerprint density at radius 2 is 1.09 bits per heavy atom. The van der Waals surface area contributed by atoms with Gasteiger partial charge in [-0.25, -0.2) is 0 Å². The average Bonchev–Trinajstić information content (AvgIpc) is 3.49. The topological polar surface area (TPSA) is 0 Å². The summed E-state index contributed by atoms with van der Waals surface area (Å²) in [5, 5.41) is 2.17. The van der Waals surface area contributed by atoms with Crippen LogP contribution in [0.1, 0.15) is 47.2 Å². The third-order valence-corrected chi connectivity index (χ3v) is 8.78. The van der Waals surface area contributed by atoms with Crippen LogP contribution >= 0.6 is 11.3 Å². The normalized spacial score (nSPS) is 16.1. The molecule has 0 atom stereocenters. The number of hydrogen-bond acceptors (Lipinski definition) is 1. The quantitative estimate of drug-likeness (QED) is 0.241. The minimum Gasteiger partial charge on any atom is -0.144 e. The predicted molar refractivity (Wildman–Crippen MR) is 139 cm³/mol. The highest BCUT2D eigenvalue weighted by Crippen LogP contribution is 2.62. The molecule has 0 bridgehead atoms. The Morgan fingerprint density at radius 1 is 0.515 bits per heavy atom. The second-order valence-electron chi connectivity index (χ2n) is 9.75. The molecule has 0 saturated heterocycles. The molecular weight excluding hydrogens is 416 g/mol. The fourth-order valence-corrected chi connectivity index (χ4v) is 7.17. The lowest BCUT2D eigenvalue weighted by molar-refractivity contribution is 0.563. The molecule has 0 aliphatic heterocycles. The molecule has 158 valence electrons. The van der Waals surface area contributed by atoms with E-state index in [2.05, 4.69) is 122 Å². The van der Waals surface area contributed by atoms with Crippen molar-refractivity contribution < 1.29 is 0 Å². The molecule has 0 N–H and O–H groups in total. The molecule has 0 saturated carbocycles. The molecule has 2 aliphatic carbocycles. The molecule has 0 radical (unpaired) electrons. The largest absolute Gasteiger partial charge is 0.144 e. The molecular formula is C32H24S. The zero-order chi connectivity index (χ0) is 22.2. The molecule has 33 heavy (non-hydrogen) atoms. The van der Waals surface area contributed by atoms with Crippen molar-refractivity contribution in [2.24, 2.45) is 0 Å². The van der Waals surface area contributed by atoms with Gasteiger partial charge in [-0.15, -0.1) is 11.3 Å². The van der Waals surface area contributed by atoms with Crippen LogP contribution in [0.3, 0.4) is 0 Å². The van der Waals surface area contributed by atoms with Crippen molar-refractivity contribution in [3.63, 3.8) is 0 Å². The Morgan fingerprint density at radius 3 is 1.73 bits per heavy atom. The van der Waals surface area contributed by atoms with Gasteiger partial charge in [0.05, 0.1) is 5.41 Å². The smallest absolute Gasteiger partial charge is 0.0719 e. The van der Waals surface area contributed by atoms with Gasteiger partial charge in [-0.1, -0.05) is 105 Å². The number of fused-ring (bicyclic) bond motifs is 9. The fraction of sp³-hybridized carbons (Fsp3) is 0.125. The van der Waals surface area contributed by atoms with E-state index in [4.69, 9.17) is 0 Å². The van der Waals surface area contributed by atoms with Crippen molar-refractivity contribution in [1.29, 1.82) is 0 Å². The van der Waals surface area contributed by atoms with Crippen molar-refractivity contribution in [3.05, 3.63) is 142 Å². The van der Waals surface area contributed by atoms with Gasteiger partial charge in [0.1, 0.15) is 0 Å². The highest BCUT2D eigenvalue weighted by molar-refractivity contribution is 7.13. The Bertz CT molecular complexity index is 1490. The molecule has 1 heteroatoms. The lowest BCUT2D eigenvalue weighted by Gasteiger charge is -2.46. The minimum absolute atomic E-state index is 0.0864.